The Labute approximate surface area is 90.8 Å². The highest BCUT2D eigenvalue weighted by Gasteiger charge is 2.51. The molecule has 1 aliphatic heterocycles. The van der Waals surface area contributed by atoms with E-state index in [4.69, 9.17) is 0 Å². The van der Waals surface area contributed by atoms with Gasteiger partial charge in [-0.3, -0.25) is 4.79 Å². The smallest absolute Gasteiger partial charge is 0.232 e. The summed E-state index contributed by atoms with van der Waals surface area (Å²) in [6.07, 6.45) is 1.59. The van der Waals surface area contributed by atoms with Crippen LogP contribution >= 0.6 is 0 Å². The molecule has 1 aliphatic carbocycles. The Morgan fingerprint density at radius 3 is 2.69 bits per heavy atom. The Morgan fingerprint density at radius 2 is 2.00 bits per heavy atom. The molecule has 1 aromatic carbocycles. The van der Waals surface area contributed by atoms with Gasteiger partial charge in [0.05, 0.1) is 16.8 Å². The molecular weight excluding hydrogens is 214 g/mol. The summed E-state index contributed by atoms with van der Waals surface area (Å²) >= 11 is 0. The monoisotopic (exact) mass is 224 g/mol. The molecule has 0 bridgehead atoms. The number of nitrogens with one attached hydrogen (secondary N) is 2. The van der Waals surface area contributed by atoms with Crippen molar-refractivity contribution in [1.82, 2.24) is 0 Å². The van der Waals surface area contributed by atoms with Crippen LogP contribution in [0.15, 0.2) is 12.1 Å². The molecule has 0 atom stereocenters. The first-order valence-electron chi connectivity index (χ1n) is 5.16. The summed E-state index contributed by atoms with van der Waals surface area (Å²) in [6, 6.07) is 2.39. The second-order valence-corrected chi connectivity index (χ2v) is 4.37. The molecule has 0 unspecified atom stereocenters. The predicted molar refractivity (Wildman–Crippen MR) is 55.1 cm³/mol. The number of hydrogen-bond donors (Lipinski definition) is 2. The van der Waals surface area contributed by atoms with Crippen molar-refractivity contribution in [3.05, 3.63) is 23.8 Å². The largest absolute Gasteiger partial charge is 0.380 e. The van der Waals surface area contributed by atoms with Crippen molar-refractivity contribution in [2.24, 2.45) is 5.41 Å². The molecule has 2 N–H and O–H groups in total. The van der Waals surface area contributed by atoms with E-state index in [1.54, 1.807) is 0 Å². The lowest BCUT2D eigenvalue weighted by molar-refractivity contribution is -0.120. The fourth-order valence-corrected chi connectivity index (χ4v) is 1.98. The van der Waals surface area contributed by atoms with Crippen LogP contribution in [0.25, 0.3) is 0 Å². The first kappa shape index (κ1) is 9.57. The lowest BCUT2D eigenvalue weighted by Crippen LogP contribution is -2.27. The average Bonchev–Trinajstić information content (AvgIpc) is 3.04. The molecule has 0 aromatic heterocycles. The Bertz CT molecular complexity index is 483. The van der Waals surface area contributed by atoms with E-state index < -0.39 is 17.0 Å². The van der Waals surface area contributed by atoms with E-state index in [0.29, 0.717) is 12.2 Å². The minimum Gasteiger partial charge on any atom is -0.380 e. The van der Waals surface area contributed by atoms with E-state index in [2.05, 4.69) is 10.6 Å². The molecule has 16 heavy (non-hydrogen) atoms. The molecule has 3 nitrogen and oxygen atoms in total. The van der Waals surface area contributed by atoms with Gasteiger partial charge in [0.15, 0.2) is 11.6 Å². The number of rotatable bonds is 0. The normalized spacial score (nSPS) is 20.8. The minimum absolute atomic E-state index is 0.0529. The molecule has 0 radical (unpaired) electrons. The molecule has 1 fully saturated rings. The van der Waals surface area contributed by atoms with Crippen LogP contribution in [0, 0.1) is 17.0 Å². The number of fused-ring (bicyclic) bond motifs is 1. The van der Waals surface area contributed by atoms with Crippen molar-refractivity contribution in [1.29, 1.82) is 0 Å². The molecule has 2 aliphatic rings. The summed E-state index contributed by atoms with van der Waals surface area (Å²) < 4.78 is 26.5. The highest BCUT2D eigenvalue weighted by molar-refractivity contribution is 6.01. The van der Waals surface area contributed by atoms with Crippen molar-refractivity contribution < 1.29 is 13.6 Å². The van der Waals surface area contributed by atoms with E-state index in [9.17, 15) is 13.6 Å². The summed E-state index contributed by atoms with van der Waals surface area (Å²) in [5.41, 5.74) is -0.0492. The van der Waals surface area contributed by atoms with Crippen LogP contribution in [0.4, 0.5) is 20.2 Å². The maximum atomic E-state index is 13.5. The van der Waals surface area contributed by atoms with Gasteiger partial charge in [-0.05, 0) is 25.0 Å². The third-order valence-electron chi connectivity index (χ3n) is 3.28. The number of carbonyl (C=O) groups excluding carboxylic acids is 1. The van der Waals surface area contributed by atoms with Crippen LogP contribution in [-0.4, -0.2) is 12.5 Å². The standard InChI is InChI=1S/C11H10F2N2O/c12-6-1-2-7-9(8(6)13)14-5-11(3-4-11)10(16)15-7/h1-2,14H,3-5H2,(H,15,16). The topological polar surface area (TPSA) is 41.1 Å². The number of hydrogen-bond acceptors (Lipinski definition) is 2. The van der Waals surface area contributed by atoms with E-state index in [1.165, 1.54) is 6.07 Å². The Balaban J connectivity index is 2.06. The summed E-state index contributed by atoms with van der Waals surface area (Å²) in [6.45, 7) is 0.367. The summed E-state index contributed by atoms with van der Waals surface area (Å²) in [7, 11) is 0. The van der Waals surface area contributed by atoms with Gasteiger partial charge in [0.1, 0.15) is 0 Å². The number of benzene rings is 1. The molecular formula is C11H10F2N2O. The van der Waals surface area contributed by atoms with E-state index in [-0.39, 0.29) is 11.6 Å². The van der Waals surface area contributed by atoms with Crippen LogP contribution in [0.2, 0.25) is 0 Å². The zero-order valence-electron chi connectivity index (χ0n) is 8.44. The van der Waals surface area contributed by atoms with Crippen LogP contribution in [0.1, 0.15) is 12.8 Å². The third-order valence-corrected chi connectivity index (χ3v) is 3.28. The Morgan fingerprint density at radius 1 is 1.25 bits per heavy atom. The molecule has 1 aromatic rings. The fourth-order valence-electron chi connectivity index (χ4n) is 1.98. The maximum absolute atomic E-state index is 13.5. The Kier molecular flexibility index (Phi) is 1.75. The molecule has 5 heteroatoms. The molecule has 1 saturated carbocycles. The molecule has 1 heterocycles. The van der Waals surface area contributed by atoms with Crippen LogP contribution in [0.3, 0.4) is 0 Å². The van der Waals surface area contributed by atoms with Gasteiger partial charge < -0.3 is 10.6 Å². The SMILES string of the molecule is O=C1Nc2ccc(F)c(F)c2NCC12CC2. The van der Waals surface area contributed by atoms with Crippen LogP contribution in [-0.2, 0) is 4.79 Å². The first-order chi connectivity index (χ1) is 7.62. The van der Waals surface area contributed by atoms with Crippen molar-refractivity contribution >= 4 is 17.3 Å². The second-order valence-electron chi connectivity index (χ2n) is 4.37. The van der Waals surface area contributed by atoms with Crippen molar-refractivity contribution in [3.63, 3.8) is 0 Å². The van der Waals surface area contributed by atoms with Crippen molar-refractivity contribution in [3.8, 4) is 0 Å². The first-order valence-corrected chi connectivity index (χ1v) is 5.16. The van der Waals surface area contributed by atoms with Gasteiger partial charge in [-0.2, -0.15) is 0 Å². The zero-order valence-corrected chi connectivity index (χ0v) is 8.44. The fraction of sp³-hybridized carbons (Fsp3) is 0.364. The van der Waals surface area contributed by atoms with E-state index >= 15 is 0 Å². The quantitative estimate of drug-likeness (QED) is 0.708. The molecule has 0 saturated heterocycles. The molecule has 1 spiro atoms. The van der Waals surface area contributed by atoms with Crippen LogP contribution in [0.5, 0.6) is 0 Å². The summed E-state index contributed by atoms with van der Waals surface area (Å²) in [5, 5.41) is 5.45. The predicted octanol–water partition coefficient (Wildman–Crippen LogP) is 2.11. The highest BCUT2D eigenvalue weighted by atomic mass is 19.2. The molecule has 84 valence electrons. The zero-order chi connectivity index (χ0) is 11.3. The van der Waals surface area contributed by atoms with Gasteiger partial charge in [0.2, 0.25) is 5.91 Å². The van der Waals surface area contributed by atoms with Gasteiger partial charge >= 0.3 is 0 Å². The highest BCUT2D eigenvalue weighted by Crippen LogP contribution is 2.48. The summed E-state index contributed by atoms with van der Waals surface area (Å²) in [5.74, 6) is -1.95. The lowest BCUT2D eigenvalue weighted by atomic mass is 10.1. The lowest BCUT2D eigenvalue weighted by Gasteiger charge is -2.09. The average molecular weight is 224 g/mol. The number of carbonyl (C=O) groups is 1. The minimum atomic E-state index is -0.935. The van der Waals surface area contributed by atoms with E-state index in [0.717, 1.165) is 18.9 Å². The van der Waals surface area contributed by atoms with Gasteiger partial charge in [0, 0.05) is 6.54 Å². The maximum Gasteiger partial charge on any atom is 0.232 e. The van der Waals surface area contributed by atoms with Crippen molar-refractivity contribution in [2.45, 2.75) is 12.8 Å². The molecule has 1 amide bonds. The number of halogens is 2. The number of amides is 1. The van der Waals surface area contributed by atoms with Gasteiger partial charge in [-0.1, -0.05) is 0 Å². The Hall–Kier alpha value is -1.65. The van der Waals surface area contributed by atoms with Gasteiger partial charge in [-0.25, -0.2) is 8.78 Å². The van der Waals surface area contributed by atoms with Crippen molar-refractivity contribution in [2.75, 3.05) is 17.2 Å². The summed E-state index contributed by atoms with van der Waals surface area (Å²) in [4.78, 5) is 11.8. The number of anilines is 2. The molecule has 3 rings (SSSR count). The van der Waals surface area contributed by atoms with Crippen LogP contribution < -0.4 is 10.6 Å². The second kappa shape index (κ2) is 2.93. The van der Waals surface area contributed by atoms with Gasteiger partial charge in [-0.15, -0.1) is 0 Å². The van der Waals surface area contributed by atoms with E-state index in [1.807, 2.05) is 0 Å². The van der Waals surface area contributed by atoms with Gasteiger partial charge in [0.25, 0.3) is 0 Å². The third kappa shape index (κ3) is 1.20.